The first-order valence-corrected chi connectivity index (χ1v) is 8.38. The zero-order valence-electron chi connectivity index (χ0n) is 13.9. The first-order valence-electron chi connectivity index (χ1n) is 8.38. The minimum atomic E-state index is -4.38. The molecule has 1 fully saturated rings. The molecule has 1 saturated heterocycles. The van der Waals surface area contributed by atoms with Gasteiger partial charge in [0.1, 0.15) is 0 Å². The van der Waals surface area contributed by atoms with Gasteiger partial charge in [0.05, 0.1) is 11.1 Å². The van der Waals surface area contributed by atoms with Crippen molar-refractivity contribution in [3.63, 3.8) is 0 Å². The number of alkyl halides is 3. The van der Waals surface area contributed by atoms with Crippen LogP contribution in [-0.4, -0.2) is 30.0 Å². The molecule has 0 saturated carbocycles. The van der Waals surface area contributed by atoms with Crippen molar-refractivity contribution < 1.29 is 18.0 Å². The fourth-order valence-corrected chi connectivity index (χ4v) is 3.23. The Bertz CT molecular complexity index is 776. The summed E-state index contributed by atoms with van der Waals surface area (Å²) in [6, 6.07) is 5.53. The Kier molecular flexibility index (Phi) is 4.83. The molecule has 4 nitrogen and oxygen atoms in total. The van der Waals surface area contributed by atoms with Crippen molar-refractivity contribution in [1.82, 2.24) is 10.3 Å². The van der Waals surface area contributed by atoms with E-state index in [0.29, 0.717) is 23.9 Å². The number of halogens is 3. The van der Waals surface area contributed by atoms with Crippen molar-refractivity contribution in [3.05, 3.63) is 36.0 Å². The number of carbonyl (C=O) groups excluding carboxylic acids is 1. The number of amides is 1. The molecule has 0 radical (unpaired) electrons. The van der Waals surface area contributed by atoms with Gasteiger partial charge < -0.3 is 10.2 Å². The zero-order chi connectivity index (χ0) is 18.0. The molecule has 1 aromatic heterocycles. The van der Waals surface area contributed by atoms with E-state index in [1.165, 1.54) is 12.3 Å². The second kappa shape index (κ2) is 6.90. The molecule has 1 aliphatic heterocycles. The summed E-state index contributed by atoms with van der Waals surface area (Å²) in [6.45, 7) is 3.26. The van der Waals surface area contributed by atoms with Crippen LogP contribution in [0.15, 0.2) is 30.5 Å². The quantitative estimate of drug-likeness (QED) is 0.916. The Morgan fingerprint density at radius 1 is 1.36 bits per heavy atom. The lowest BCUT2D eigenvalue weighted by Gasteiger charge is -2.35. The Morgan fingerprint density at radius 3 is 2.88 bits per heavy atom. The summed E-state index contributed by atoms with van der Waals surface area (Å²) in [6.07, 6.45) is -0.587. The lowest BCUT2D eigenvalue weighted by molar-refractivity contribution is -0.137. The molecule has 0 spiro atoms. The molecular weight excluding hydrogens is 331 g/mol. The monoisotopic (exact) mass is 351 g/mol. The predicted octanol–water partition coefficient (Wildman–Crippen LogP) is 3.75. The van der Waals surface area contributed by atoms with Gasteiger partial charge in [0, 0.05) is 42.8 Å². The molecule has 1 unspecified atom stereocenters. The second-order valence-electron chi connectivity index (χ2n) is 6.27. The molecule has 134 valence electrons. The third-order valence-corrected chi connectivity index (χ3v) is 4.50. The maximum Gasteiger partial charge on any atom is 0.416 e. The molecule has 1 N–H and O–H groups in total. The maximum atomic E-state index is 12.9. The Hall–Kier alpha value is -2.31. The van der Waals surface area contributed by atoms with Gasteiger partial charge in [-0.3, -0.25) is 9.78 Å². The minimum Gasteiger partial charge on any atom is -0.369 e. The molecule has 1 amide bonds. The Balaban J connectivity index is 1.89. The largest absolute Gasteiger partial charge is 0.416 e. The molecule has 2 heterocycles. The highest BCUT2D eigenvalue weighted by molar-refractivity contribution is 5.92. The van der Waals surface area contributed by atoms with E-state index in [2.05, 4.69) is 15.2 Å². The van der Waals surface area contributed by atoms with E-state index >= 15 is 0 Å². The van der Waals surface area contributed by atoms with Crippen molar-refractivity contribution in [3.8, 4) is 0 Å². The fraction of sp³-hybridized carbons (Fsp3) is 0.444. The van der Waals surface area contributed by atoms with E-state index in [0.717, 1.165) is 37.2 Å². The van der Waals surface area contributed by atoms with Gasteiger partial charge in [0.25, 0.3) is 0 Å². The minimum absolute atomic E-state index is 0.0151. The molecule has 3 rings (SSSR count). The van der Waals surface area contributed by atoms with Crippen LogP contribution in [0.1, 0.15) is 31.7 Å². The fourth-order valence-electron chi connectivity index (χ4n) is 3.23. The van der Waals surface area contributed by atoms with Crippen LogP contribution in [0, 0.1) is 0 Å². The normalized spacial score (nSPS) is 18.4. The van der Waals surface area contributed by atoms with Crippen molar-refractivity contribution in [1.29, 1.82) is 0 Å². The van der Waals surface area contributed by atoms with Gasteiger partial charge in [-0.25, -0.2) is 0 Å². The van der Waals surface area contributed by atoms with Crippen LogP contribution in [0.2, 0.25) is 0 Å². The van der Waals surface area contributed by atoms with E-state index in [-0.39, 0.29) is 11.9 Å². The van der Waals surface area contributed by atoms with Crippen molar-refractivity contribution >= 4 is 22.5 Å². The predicted molar refractivity (Wildman–Crippen MR) is 90.4 cm³/mol. The second-order valence-corrected chi connectivity index (χ2v) is 6.27. The van der Waals surface area contributed by atoms with Gasteiger partial charge in [-0.2, -0.15) is 13.2 Å². The molecule has 1 atom stereocenters. The van der Waals surface area contributed by atoms with Crippen LogP contribution in [-0.2, 0) is 11.0 Å². The van der Waals surface area contributed by atoms with Crippen LogP contribution < -0.4 is 10.2 Å². The van der Waals surface area contributed by atoms with E-state index in [9.17, 15) is 18.0 Å². The zero-order valence-corrected chi connectivity index (χ0v) is 13.9. The number of pyridine rings is 1. The van der Waals surface area contributed by atoms with Gasteiger partial charge in [0.2, 0.25) is 5.91 Å². The van der Waals surface area contributed by atoms with E-state index in [1.807, 2.05) is 13.0 Å². The summed E-state index contributed by atoms with van der Waals surface area (Å²) >= 11 is 0. The van der Waals surface area contributed by atoms with Crippen molar-refractivity contribution in [2.24, 2.45) is 0 Å². The number of piperidine rings is 1. The summed E-state index contributed by atoms with van der Waals surface area (Å²) in [4.78, 5) is 17.8. The number of rotatable bonds is 3. The molecular formula is C18H20F3N3O. The summed E-state index contributed by atoms with van der Waals surface area (Å²) in [7, 11) is 0. The van der Waals surface area contributed by atoms with Crippen LogP contribution in [0.4, 0.5) is 18.9 Å². The highest BCUT2D eigenvalue weighted by Crippen LogP contribution is 2.34. The molecule has 2 aromatic rings. The first kappa shape index (κ1) is 17.5. The highest BCUT2D eigenvalue weighted by Gasteiger charge is 2.31. The number of nitrogens with one attached hydrogen (secondary N) is 1. The van der Waals surface area contributed by atoms with Gasteiger partial charge >= 0.3 is 6.18 Å². The van der Waals surface area contributed by atoms with Gasteiger partial charge in [-0.05, 0) is 31.0 Å². The Labute approximate surface area is 144 Å². The van der Waals surface area contributed by atoms with Gasteiger partial charge in [-0.1, -0.05) is 13.0 Å². The molecule has 1 aliphatic rings. The maximum absolute atomic E-state index is 12.9. The van der Waals surface area contributed by atoms with Crippen LogP contribution in [0.25, 0.3) is 10.9 Å². The lowest BCUT2D eigenvalue weighted by atomic mass is 10.0. The van der Waals surface area contributed by atoms with Gasteiger partial charge in [-0.15, -0.1) is 0 Å². The van der Waals surface area contributed by atoms with E-state index < -0.39 is 11.7 Å². The molecule has 1 aromatic carbocycles. The molecule has 7 heteroatoms. The number of aromatic nitrogens is 1. The number of carbonyl (C=O) groups is 1. The van der Waals surface area contributed by atoms with Crippen LogP contribution in [0.3, 0.4) is 0 Å². The third kappa shape index (κ3) is 3.86. The number of hydrogen-bond donors (Lipinski definition) is 1. The number of fused-ring (bicyclic) bond motifs is 1. The van der Waals surface area contributed by atoms with E-state index in [1.54, 1.807) is 0 Å². The third-order valence-electron chi connectivity index (χ3n) is 4.50. The summed E-state index contributed by atoms with van der Waals surface area (Å²) in [5, 5.41) is 3.69. The van der Waals surface area contributed by atoms with Crippen molar-refractivity contribution in [2.45, 2.75) is 38.4 Å². The standard InChI is InChI=1S/C18H20F3N3O/c1-2-17(25)23-13-4-3-9-24(11-13)16-7-8-22-15-10-12(18(19,20)21)5-6-14(15)16/h5-8,10,13H,2-4,9,11H2,1H3,(H,23,25). The average molecular weight is 351 g/mol. The summed E-state index contributed by atoms with van der Waals surface area (Å²) < 4.78 is 38.7. The molecule has 25 heavy (non-hydrogen) atoms. The molecule has 0 bridgehead atoms. The van der Waals surface area contributed by atoms with E-state index in [4.69, 9.17) is 0 Å². The van der Waals surface area contributed by atoms with Gasteiger partial charge in [0.15, 0.2) is 0 Å². The SMILES string of the molecule is CCC(=O)NC1CCCN(c2ccnc3cc(C(F)(F)F)ccc23)C1. The summed E-state index contributed by atoms with van der Waals surface area (Å²) in [5.41, 5.74) is 0.484. The molecule has 0 aliphatic carbocycles. The van der Waals surface area contributed by atoms with Crippen LogP contribution >= 0.6 is 0 Å². The smallest absolute Gasteiger partial charge is 0.369 e. The first-order chi connectivity index (χ1) is 11.9. The lowest BCUT2D eigenvalue weighted by Crippen LogP contribution is -2.47. The number of benzene rings is 1. The average Bonchev–Trinajstić information content (AvgIpc) is 2.60. The summed E-state index contributed by atoms with van der Waals surface area (Å²) in [5.74, 6) is 0.0151. The van der Waals surface area contributed by atoms with Crippen molar-refractivity contribution in [2.75, 3.05) is 18.0 Å². The number of nitrogens with zero attached hydrogens (tertiary/aromatic N) is 2. The number of anilines is 1. The Morgan fingerprint density at radius 2 is 2.16 bits per heavy atom. The topological polar surface area (TPSA) is 45.2 Å². The number of hydrogen-bond acceptors (Lipinski definition) is 3. The van der Waals surface area contributed by atoms with Crippen LogP contribution in [0.5, 0.6) is 0 Å². The highest BCUT2D eigenvalue weighted by atomic mass is 19.4.